The molecular weight excluding hydrogens is 286 g/mol. The molecule has 0 bridgehead atoms. The number of carbonyl (C=O) groups excluding carboxylic acids is 1. The SMILES string of the molecule is CC(C)c1ccccc1NC(=O)/C(C#N)=C\NCCCCl. The summed E-state index contributed by atoms with van der Waals surface area (Å²) in [5, 5.41) is 14.8. The molecule has 0 unspecified atom stereocenters. The van der Waals surface area contributed by atoms with E-state index in [1.165, 1.54) is 6.20 Å². The molecule has 1 aromatic rings. The number of nitrogens with one attached hydrogen (secondary N) is 2. The van der Waals surface area contributed by atoms with Gasteiger partial charge in [0.15, 0.2) is 0 Å². The van der Waals surface area contributed by atoms with Crippen molar-refractivity contribution in [3.63, 3.8) is 0 Å². The molecule has 0 radical (unpaired) electrons. The lowest BCUT2D eigenvalue weighted by Gasteiger charge is -2.13. The quantitative estimate of drug-likeness (QED) is 0.351. The topological polar surface area (TPSA) is 64.9 Å². The maximum absolute atomic E-state index is 12.1. The van der Waals surface area contributed by atoms with Gasteiger partial charge in [0.2, 0.25) is 0 Å². The molecule has 0 aliphatic heterocycles. The minimum Gasteiger partial charge on any atom is -0.390 e. The van der Waals surface area contributed by atoms with E-state index in [0.717, 1.165) is 17.7 Å². The molecule has 0 fully saturated rings. The maximum atomic E-state index is 12.1. The predicted octanol–water partition coefficient (Wildman–Crippen LogP) is 3.37. The Labute approximate surface area is 130 Å². The molecular formula is C16H20ClN3O. The minimum atomic E-state index is -0.413. The Morgan fingerprint density at radius 3 is 2.76 bits per heavy atom. The summed E-state index contributed by atoms with van der Waals surface area (Å²) >= 11 is 5.56. The maximum Gasteiger partial charge on any atom is 0.267 e. The number of para-hydroxylation sites is 1. The van der Waals surface area contributed by atoms with Crippen molar-refractivity contribution in [2.75, 3.05) is 17.7 Å². The lowest BCUT2D eigenvalue weighted by molar-refractivity contribution is -0.112. The van der Waals surface area contributed by atoms with E-state index in [-0.39, 0.29) is 11.5 Å². The van der Waals surface area contributed by atoms with Crippen LogP contribution in [0.3, 0.4) is 0 Å². The third-order valence-electron chi connectivity index (χ3n) is 2.90. The molecule has 1 rings (SSSR count). The van der Waals surface area contributed by atoms with E-state index in [0.29, 0.717) is 12.4 Å². The summed E-state index contributed by atoms with van der Waals surface area (Å²) in [5.41, 5.74) is 1.82. The molecule has 1 aromatic carbocycles. The number of benzene rings is 1. The first-order valence-corrected chi connectivity index (χ1v) is 7.43. The van der Waals surface area contributed by atoms with Crippen LogP contribution in [0.25, 0.3) is 0 Å². The molecule has 21 heavy (non-hydrogen) atoms. The number of hydrogen-bond donors (Lipinski definition) is 2. The highest BCUT2D eigenvalue weighted by Gasteiger charge is 2.12. The molecule has 5 heteroatoms. The van der Waals surface area contributed by atoms with Crippen LogP contribution in [-0.4, -0.2) is 18.3 Å². The molecule has 4 nitrogen and oxygen atoms in total. The summed E-state index contributed by atoms with van der Waals surface area (Å²) in [6, 6.07) is 9.49. The van der Waals surface area contributed by atoms with Crippen LogP contribution in [0.5, 0.6) is 0 Å². The van der Waals surface area contributed by atoms with Crippen LogP contribution >= 0.6 is 11.6 Å². The first kappa shape index (κ1) is 17.1. The summed E-state index contributed by atoms with van der Waals surface area (Å²) in [6.07, 6.45) is 2.20. The van der Waals surface area contributed by atoms with Crippen molar-refractivity contribution in [1.82, 2.24) is 5.32 Å². The molecule has 2 N–H and O–H groups in total. The number of nitrogens with zero attached hydrogens (tertiary/aromatic N) is 1. The zero-order chi connectivity index (χ0) is 15.7. The minimum absolute atomic E-state index is 0.0446. The van der Waals surface area contributed by atoms with E-state index in [1.54, 1.807) is 0 Å². The fourth-order valence-electron chi connectivity index (χ4n) is 1.80. The molecule has 0 aliphatic carbocycles. The van der Waals surface area contributed by atoms with Gasteiger partial charge in [-0.15, -0.1) is 11.6 Å². The summed E-state index contributed by atoms with van der Waals surface area (Å²) in [5.74, 6) is 0.415. The fraction of sp³-hybridized carbons (Fsp3) is 0.375. The molecule has 0 saturated heterocycles. The van der Waals surface area contributed by atoms with E-state index in [2.05, 4.69) is 24.5 Å². The molecule has 0 saturated carbocycles. The number of rotatable bonds is 7. The number of anilines is 1. The largest absolute Gasteiger partial charge is 0.390 e. The number of halogens is 1. The van der Waals surface area contributed by atoms with E-state index in [9.17, 15) is 4.79 Å². The smallest absolute Gasteiger partial charge is 0.267 e. The summed E-state index contributed by atoms with van der Waals surface area (Å²) in [4.78, 5) is 12.1. The average molecular weight is 306 g/mol. The summed E-state index contributed by atoms with van der Waals surface area (Å²) < 4.78 is 0. The third kappa shape index (κ3) is 5.49. The van der Waals surface area contributed by atoms with Gasteiger partial charge in [0, 0.05) is 24.3 Å². The Morgan fingerprint density at radius 2 is 2.14 bits per heavy atom. The van der Waals surface area contributed by atoms with E-state index >= 15 is 0 Å². The Kier molecular flexibility index (Phi) is 7.34. The Hall–Kier alpha value is -1.99. The molecule has 0 atom stereocenters. The monoisotopic (exact) mass is 305 g/mol. The molecule has 1 amide bonds. The van der Waals surface area contributed by atoms with Gasteiger partial charge in [0.05, 0.1) is 0 Å². The van der Waals surface area contributed by atoms with Gasteiger partial charge in [0.25, 0.3) is 5.91 Å². The third-order valence-corrected chi connectivity index (χ3v) is 3.16. The predicted molar refractivity (Wildman–Crippen MR) is 86.2 cm³/mol. The van der Waals surface area contributed by atoms with Gasteiger partial charge in [-0.3, -0.25) is 4.79 Å². The first-order chi connectivity index (χ1) is 10.1. The van der Waals surface area contributed by atoms with Crippen molar-refractivity contribution in [1.29, 1.82) is 5.26 Å². The summed E-state index contributed by atoms with van der Waals surface area (Å²) in [6.45, 7) is 4.74. The second-order valence-corrected chi connectivity index (χ2v) is 5.24. The Bertz CT molecular complexity index is 547. The standard InChI is InChI=1S/C16H20ClN3O/c1-12(2)14-6-3-4-7-15(14)20-16(21)13(10-18)11-19-9-5-8-17/h3-4,6-7,11-12,19H,5,8-9H2,1-2H3,(H,20,21)/b13-11-. The molecule has 0 spiro atoms. The summed E-state index contributed by atoms with van der Waals surface area (Å²) in [7, 11) is 0. The van der Waals surface area contributed by atoms with Gasteiger partial charge in [-0.25, -0.2) is 0 Å². The number of carbonyl (C=O) groups is 1. The molecule has 112 valence electrons. The van der Waals surface area contributed by atoms with Crippen molar-refractivity contribution in [2.45, 2.75) is 26.2 Å². The van der Waals surface area contributed by atoms with E-state index in [1.807, 2.05) is 30.3 Å². The van der Waals surface area contributed by atoms with Gasteiger partial charge in [0.1, 0.15) is 11.6 Å². The van der Waals surface area contributed by atoms with Crippen LogP contribution < -0.4 is 10.6 Å². The second kappa shape index (κ2) is 9.04. The van der Waals surface area contributed by atoms with Gasteiger partial charge in [-0.2, -0.15) is 5.26 Å². The zero-order valence-corrected chi connectivity index (χ0v) is 13.1. The van der Waals surface area contributed by atoms with Crippen LogP contribution in [-0.2, 0) is 4.79 Å². The Morgan fingerprint density at radius 1 is 1.43 bits per heavy atom. The van der Waals surface area contributed by atoms with Crippen LogP contribution in [0.1, 0.15) is 31.7 Å². The van der Waals surface area contributed by atoms with Crippen LogP contribution in [0.4, 0.5) is 5.69 Å². The van der Waals surface area contributed by atoms with Crippen molar-refractivity contribution < 1.29 is 4.79 Å². The fourth-order valence-corrected chi connectivity index (χ4v) is 1.93. The van der Waals surface area contributed by atoms with Crippen molar-refractivity contribution >= 4 is 23.2 Å². The van der Waals surface area contributed by atoms with Crippen molar-refractivity contribution in [2.24, 2.45) is 0 Å². The average Bonchev–Trinajstić information content (AvgIpc) is 2.47. The lowest BCUT2D eigenvalue weighted by atomic mass is 10.0. The van der Waals surface area contributed by atoms with Gasteiger partial charge >= 0.3 is 0 Å². The van der Waals surface area contributed by atoms with Gasteiger partial charge in [-0.1, -0.05) is 32.0 Å². The van der Waals surface area contributed by atoms with E-state index in [4.69, 9.17) is 16.9 Å². The van der Waals surface area contributed by atoms with E-state index < -0.39 is 5.91 Å². The van der Waals surface area contributed by atoms with Gasteiger partial charge < -0.3 is 10.6 Å². The number of hydrogen-bond acceptors (Lipinski definition) is 3. The molecule has 0 aliphatic rings. The first-order valence-electron chi connectivity index (χ1n) is 6.90. The van der Waals surface area contributed by atoms with Crippen molar-refractivity contribution in [3.8, 4) is 6.07 Å². The van der Waals surface area contributed by atoms with Crippen LogP contribution in [0.2, 0.25) is 0 Å². The highest BCUT2D eigenvalue weighted by Crippen LogP contribution is 2.23. The number of amides is 1. The molecule has 0 aromatic heterocycles. The normalized spacial score (nSPS) is 11.1. The van der Waals surface area contributed by atoms with Crippen LogP contribution in [0.15, 0.2) is 36.0 Å². The van der Waals surface area contributed by atoms with Crippen LogP contribution in [0, 0.1) is 11.3 Å². The van der Waals surface area contributed by atoms with Crippen molar-refractivity contribution in [3.05, 3.63) is 41.6 Å². The zero-order valence-electron chi connectivity index (χ0n) is 12.3. The Balaban J connectivity index is 2.77. The highest BCUT2D eigenvalue weighted by molar-refractivity contribution is 6.17. The van der Waals surface area contributed by atoms with Gasteiger partial charge in [-0.05, 0) is 24.0 Å². The number of alkyl halides is 1. The highest BCUT2D eigenvalue weighted by atomic mass is 35.5. The number of nitriles is 1. The second-order valence-electron chi connectivity index (χ2n) is 4.86. The molecule has 0 heterocycles. The lowest BCUT2D eigenvalue weighted by Crippen LogP contribution is -2.18.